The first-order valence-corrected chi connectivity index (χ1v) is 5.60. The molecule has 0 aromatic carbocycles. The van der Waals surface area contributed by atoms with E-state index in [2.05, 4.69) is 26.1 Å². The molecule has 1 aliphatic heterocycles. The summed E-state index contributed by atoms with van der Waals surface area (Å²) in [5.74, 6) is 0.948. The van der Waals surface area contributed by atoms with E-state index in [4.69, 9.17) is 4.74 Å². The lowest BCUT2D eigenvalue weighted by molar-refractivity contribution is 0.0874. The lowest BCUT2D eigenvalue weighted by Crippen LogP contribution is -2.39. The first-order chi connectivity index (χ1) is 6.61. The van der Waals surface area contributed by atoms with Crippen molar-refractivity contribution in [3.05, 3.63) is 0 Å². The van der Waals surface area contributed by atoms with E-state index in [0.29, 0.717) is 24.4 Å². The fourth-order valence-electron chi connectivity index (χ4n) is 1.57. The number of hydrogen-bond donors (Lipinski definition) is 2. The van der Waals surface area contributed by atoms with E-state index >= 15 is 0 Å². The van der Waals surface area contributed by atoms with Crippen LogP contribution in [0.25, 0.3) is 0 Å². The normalized spacial score (nSPS) is 26.8. The highest BCUT2D eigenvalue weighted by molar-refractivity contribution is 4.76. The highest BCUT2D eigenvalue weighted by atomic mass is 16.5. The minimum atomic E-state index is -0.251. The summed E-state index contributed by atoms with van der Waals surface area (Å²) in [5.41, 5.74) is 0. The van der Waals surface area contributed by atoms with Crippen molar-refractivity contribution >= 4 is 0 Å². The van der Waals surface area contributed by atoms with Crippen LogP contribution in [-0.2, 0) is 4.74 Å². The number of hydrogen-bond acceptors (Lipinski definition) is 3. The molecule has 3 atom stereocenters. The molecule has 2 N–H and O–H groups in total. The third kappa shape index (κ3) is 3.56. The molecule has 0 radical (unpaired) electrons. The molecule has 1 rings (SSSR count). The first-order valence-electron chi connectivity index (χ1n) is 5.60. The van der Waals surface area contributed by atoms with Crippen molar-refractivity contribution in [2.24, 2.45) is 11.8 Å². The summed E-state index contributed by atoms with van der Waals surface area (Å²) in [5, 5.41) is 13.2. The van der Waals surface area contributed by atoms with Gasteiger partial charge in [0.05, 0.1) is 12.7 Å². The minimum Gasteiger partial charge on any atom is -0.391 e. The molecule has 1 heterocycles. The van der Waals surface area contributed by atoms with Gasteiger partial charge in [-0.15, -0.1) is 0 Å². The maximum Gasteiger partial charge on any atom is 0.0715 e. The third-order valence-electron chi connectivity index (χ3n) is 3.16. The minimum absolute atomic E-state index is 0.251. The average Bonchev–Trinajstić information content (AvgIpc) is 2.66. The van der Waals surface area contributed by atoms with Gasteiger partial charge in [0.1, 0.15) is 0 Å². The molecule has 3 unspecified atom stereocenters. The van der Waals surface area contributed by atoms with Crippen molar-refractivity contribution in [2.45, 2.75) is 39.3 Å². The molecule has 0 amide bonds. The van der Waals surface area contributed by atoms with Crippen LogP contribution in [0.15, 0.2) is 0 Å². The predicted octanol–water partition coefficient (Wildman–Crippen LogP) is 1.02. The van der Waals surface area contributed by atoms with Gasteiger partial charge in [-0.3, -0.25) is 0 Å². The van der Waals surface area contributed by atoms with E-state index in [1.807, 2.05) is 0 Å². The molecule has 0 saturated carbocycles. The van der Waals surface area contributed by atoms with Crippen molar-refractivity contribution in [2.75, 3.05) is 19.8 Å². The molecule has 1 fully saturated rings. The summed E-state index contributed by atoms with van der Waals surface area (Å²) in [7, 11) is 0. The molecule has 0 spiro atoms. The second kappa shape index (κ2) is 5.69. The Morgan fingerprint density at radius 1 is 1.43 bits per heavy atom. The van der Waals surface area contributed by atoms with E-state index in [-0.39, 0.29) is 6.10 Å². The maximum atomic E-state index is 9.84. The summed E-state index contributed by atoms with van der Waals surface area (Å²) in [4.78, 5) is 0. The second-order valence-corrected chi connectivity index (χ2v) is 4.63. The molecule has 1 aliphatic rings. The van der Waals surface area contributed by atoms with Crippen LogP contribution in [-0.4, -0.2) is 37.0 Å². The molecule has 3 heteroatoms. The van der Waals surface area contributed by atoms with E-state index in [9.17, 15) is 5.11 Å². The third-order valence-corrected chi connectivity index (χ3v) is 3.16. The summed E-state index contributed by atoms with van der Waals surface area (Å²) in [6.07, 6.45) is 0.748. The van der Waals surface area contributed by atoms with Gasteiger partial charge in [0.25, 0.3) is 0 Å². The van der Waals surface area contributed by atoms with Crippen LogP contribution >= 0.6 is 0 Å². The van der Waals surface area contributed by atoms with Gasteiger partial charge in [-0.1, -0.05) is 13.8 Å². The number of nitrogens with one attached hydrogen (secondary N) is 1. The van der Waals surface area contributed by atoms with Gasteiger partial charge in [-0.25, -0.2) is 0 Å². The Kier molecular flexibility index (Phi) is 4.85. The van der Waals surface area contributed by atoms with Crippen LogP contribution in [0.4, 0.5) is 0 Å². The number of rotatable bonds is 5. The molecule has 0 aromatic heterocycles. The van der Waals surface area contributed by atoms with Gasteiger partial charge in [0.15, 0.2) is 0 Å². The zero-order valence-electron chi connectivity index (χ0n) is 9.49. The lowest BCUT2D eigenvalue weighted by Gasteiger charge is -2.22. The van der Waals surface area contributed by atoms with Gasteiger partial charge in [0.2, 0.25) is 0 Å². The Hall–Kier alpha value is -0.120. The first kappa shape index (κ1) is 12.0. The largest absolute Gasteiger partial charge is 0.391 e. The standard InChI is InChI=1S/C11H23NO2/c1-8(2)9(3)12-6-11(13)10-4-5-14-7-10/h8-13H,4-7H2,1-3H3. The van der Waals surface area contributed by atoms with Gasteiger partial charge in [0, 0.05) is 25.1 Å². The van der Waals surface area contributed by atoms with E-state index in [0.717, 1.165) is 19.6 Å². The van der Waals surface area contributed by atoms with Crippen molar-refractivity contribution in [1.29, 1.82) is 0 Å². The van der Waals surface area contributed by atoms with Crippen LogP contribution < -0.4 is 5.32 Å². The van der Waals surface area contributed by atoms with Gasteiger partial charge in [-0.05, 0) is 19.3 Å². The van der Waals surface area contributed by atoms with E-state index in [1.54, 1.807) is 0 Å². The van der Waals surface area contributed by atoms with E-state index < -0.39 is 0 Å². The van der Waals surface area contributed by atoms with E-state index in [1.165, 1.54) is 0 Å². The SMILES string of the molecule is CC(C)C(C)NCC(O)C1CCOC1. The van der Waals surface area contributed by atoms with Crippen molar-refractivity contribution in [3.63, 3.8) is 0 Å². The Bertz CT molecular complexity index is 155. The fraction of sp³-hybridized carbons (Fsp3) is 1.00. The monoisotopic (exact) mass is 201 g/mol. The van der Waals surface area contributed by atoms with Gasteiger partial charge < -0.3 is 15.2 Å². The summed E-state index contributed by atoms with van der Waals surface area (Å²) < 4.78 is 5.24. The number of aliphatic hydroxyl groups excluding tert-OH is 1. The topological polar surface area (TPSA) is 41.5 Å². The summed E-state index contributed by atoms with van der Waals surface area (Å²) >= 11 is 0. The average molecular weight is 201 g/mol. The zero-order chi connectivity index (χ0) is 10.6. The van der Waals surface area contributed by atoms with Crippen LogP contribution in [0.3, 0.4) is 0 Å². The van der Waals surface area contributed by atoms with Crippen molar-refractivity contribution in [3.8, 4) is 0 Å². The van der Waals surface area contributed by atoms with Crippen LogP contribution in [0.2, 0.25) is 0 Å². The Balaban J connectivity index is 2.16. The summed E-state index contributed by atoms with van der Waals surface area (Å²) in [6.45, 7) is 8.74. The zero-order valence-corrected chi connectivity index (χ0v) is 9.49. The molecule has 84 valence electrons. The molecular weight excluding hydrogens is 178 g/mol. The fourth-order valence-corrected chi connectivity index (χ4v) is 1.57. The molecule has 1 saturated heterocycles. The van der Waals surface area contributed by atoms with Crippen LogP contribution in [0.1, 0.15) is 27.2 Å². The smallest absolute Gasteiger partial charge is 0.0715 e. The Morgan fingerprint density at radius 2 is 2.14 bits per heavy atom. The summed E-state index contributed by atoms with van der Waals surface area (Å²) in [6, 6.07) is 0.465. The predicted molar refractivity (Wildman–Crippen MR) is 57.2 cm³/mol. The van der Waals surface area contributed by atoms with Crippen LogP contribution in [0.5, 0.6) is 0 Å². The number of aliphatic hydroxyl groups is 1. The second-order valence-electron chi connectivity index (χ2n) is 4.63. The molecule has 0 bridgehead atoms. The number of ether oxygens (including phenoxy) is 1. The molecular formula is C11H23NO2. The lowest BCUT2D eigenvalue weighted by atomic mass is 10.0. The van der Waals surface area contributed by atoms with Crippen molar-refractivity contribution < 1.29 is 9.84 Å². The molecule has 3 nitrogen and oxygen atoms in total. The maximum absolute atomic E-state index is 9.84. The Labute approximate surface area is 86.8 Å². The molecule has 0 aromatic rings. The molecule has 14 heavy (non-hydrogen) atoms. The molecule has 0 aliphatic carbocycles. The van der Waals surface area contributed by atoms with Crippen molar-refractivity contribution in [1.82, 2.24) is 5.32 Å². The van der Waals surface area contributed by atoms with Crippen LogP contribution in [0, 0.1) is 11.8 Å². The Morgan fingerprint density at radius 3 is 2.64 bits per heavy atom. The highest BCUT2D eigenvalue weighted by Gasteiger charge is 2.24. The highest BCUT2D eigenvalue weighted by Crippen LogP contribution is 2.16. The quantitative estimate of drug-likeness (QED) is 0.698. The van der Waals surface area contributed by atoms with Gasteiger partial charge in [-0.2, -0.15) is 0 Å². The van der Waals surface area contributed by atoms with Gasteiger partial charge >= 0.3 is 0 Å².